The van der Waals surface area contributed by atoms with E-state index in [1.54, 1.807) is 30.3 Å². The predicted molar refractivity (Wildman–Crippen MR) is 166 cm³/mol. The molecule has 0 saturated carbocycles. The number of likely N-dealkylation sites (N-methyl/N-ethyl adjacent to an activating group) is 1. The lowest BCUT2D eigenvalue weighted by Gasteiger charge is -2.21. The minimum absolute atomic E-state index is 0.00558. The number of para-hydroxylation sites is 1. The molecular formula is C33H47N3O6. The van der Waals surface area contributed by atoms with Crippen molar-refractivity contribution in [2.24, 2.45) is 5.92 Å². The molecule has 0 radical (unpaired) electrons. The van der Waals surface area contributed by atoms with Gasteiger partial charge >= 0.3 is 5.97 Å². The highest BCUT2D eigenvalue weighted by molar-refractivity contribution is 6.02. The van der Waals surface area contributed by atoms with Crippen LogP contribution < -0.4 is 15.4 Å². The van der Waals surface area contributed by atoms with Crippen LogP contribution in [0.1, 0.15) is 74.4 Å². The van der Waals surface area contributed by atoms with Crippen LogP contribution in [0.5, 0.6) is 11.5 Å². The molecule has 230 valence electrons. The number of amides is 2. The Kier molecular flexibility index (Phi) is 15.2. The molecule has 9 heteroatoms. The summed E-state index contributed by atoms with van der Waals surface area (Å²) in [6, 6.07) is 10.2. The predicted octanol–water partition coefficient (Wildman–Crippen LogP) is 5.61. The SMILES string of the molecule is CCN(CCCOc1cc(CNC(=O)CCCC/C=C/C(C)C)ccc1O)CC(=O)Nc1c(C)cccc1C(=O)OC. The van der Waals surface area contributed by atoms with Crippen LogP contribution in [-0.2, 0) is 20.9 Å². The molecule has 9 nitrogen and oxygen atoms in total. The number of nitrogens with one attached hydrogen (secondary N) is 2. The van der Waals surface area contributed by atoms with Gasteiger partial charge in [-0.2, -0.15) is 0 Å². The van der Waals surface area contributed by atoms with Gasteiger partial charge in [0.05, 0.1) is 31.5 Å². The first kappa shape index (κ1) is 34.4. The summed E-state index contributed by atoms with van der Waals surface area (Å²) in [4.78, 5) is 39.0. The zero-order chi connectivity index (χ0) is 30.9. The van der Waals surface area contributed by atoms with Crippen LogP contribution in [0.15, 0.2) is 48.6 Å². The van der Waals surface area contributed by atoms with Crippen molar-refractivity contribution in [3.63, 3.8) is 0 Å². The van der Waals surface area contributed by atoms with E-state index in [9.17, 15) is 19.5 Å². The van der Waals surface area contributed by atoms with Crippen molar-refractivity contribution in [3.05, 3.63) is 65.2 Å². The first-order chi connectivity index (χ1) is 20.1. The largest absolute Gasteiger partial charge is 0.504 e. The van der Waals surface area contributed by atoms with Gasteiger partial charge < -0.3 is 25.2 Å². The van der Waals surface area contributed by atoms with Gasteiger partial charge in [0.25, 0.3) is 0 Å². The summed E-state index contributed by atoms with van der Waals surface area (Å²) in [5, 5.41) is 16.0. The number of aryl methyl sites for hydroxylation is 1. The van der Waals surface area contributed by atoms with E-state index < -0.39 is 5.97 Å². The summed E-state index contributed by atoms with van der Waals surface area (Å²) < 4.78 is 10.7. The lowest BCUT2D eigenvalue weighted by Crippen LogP contribution is -2.34. The van der Waals surface area contributed by atoms with Gasteiger partial charge in [-0.1, -0.05) is 51.1 Å². The van der Waals surface area contributed by atoms with Gasteiger partial charge in [-0.15, -0.1) is 0 Å². The molecule has 0 unspecified atom stereocenters. The van der Waals surface area contributed by atoms with Gasteiger partial charge in [0.2, 0.25) is 11.8 Å². The lowest BCUT2D eigenvalue weighted by atomic mass is 10.1. The number of benzene rings is 2. The van der Waals surface area contributed by atoms with E-state index in [1.165, 1.54) is 7.11 Å². The summed E-state index contributed by atoms with van der Waals surface area (Å²) in [7, 11) is 1.31. The number of allylic oxidation sites excluding steroid dienone is 2. The van der Waals surface area contributed by atoms with Crippen molar-refractivity contribution in [2.45, 2.75) is 66.3 Å². The molecule has 0 aliphatic heterocycles. The Morgan fingerprint density at radius 1 is 1.07 bits per heavy atom. The van der Waals surface area contributed by atoms with Gasteiger partial charge in [0.1, 0.15) is 0 Å². The number of hydrogen-bond acceptors (Lipinski definition) is 7. The molecule has 0 heterocycles. The summed E-state index contributed by atoms with van der Waals surface area (Å²) >= 11 is 0. The molecule has 0 aromatic heterocycles. The van der Waals surface area contributed by atoms with Gasteiger partial charge in [-0.25, -0.2) is 4.79 Å². The van der Waals surface area contributed by atoms with E-state index in [4.69, 9.17) is 9.47 Å². The average Bonchev–Trinajstić information content (AvgIpc) is 2.96. The quantitative estimate of drug-likeness (QED) is 0.119. The van der Waals surface area contributed by atoms with E-state index in [-0.39, 0.29) is 24.1 Å². The summed E-state index contributed by atoms with van der Waals surface area (Å²) in [5.74, 6) is 0.208. The van der Waals surface area contributed by atoms with E-state index >= 15 is 0 Å². The molecular weight excluding hydrogens is 534 g/mol. The van der Waals surface area contributed by atoms with Crippen LogP contribution in [0.2, 0.25) is 0 Å². The number of esters is 1. The standard InChI is InChI=1S/C33H47N3O6/c1-6-36(23-31(39)35-32-25(4)14-11-15-27(32)33(40)41-5)19-12-20-42-29-21-26(17-18-28(29)37)22-34-30(38)16-10-8-7-9-13-24(2)3/h9,11,13-15,17-18,21,24,37H,6-8,10,12,16,19-20,22-23H2,1-5H3,(H,34,38)(H,35,39)/b13-9+. The maximum Gasteiger partial charge on any atom is 0.339 e. The fourth-order valence-corrected chi connectivity index (χ4v) is 4.30. The fraction of sp³-hybridized carbons (Fsp3) is 0.485. The van der Waals surface area contributed by atoms with E-state index in [0.29, 0.717) is 62.0 Å². The molecule has 2 aromatic rings. The molecule has 0 spiro atoms. The Morgan fingerprint density at radius 3 is 2.57 bits per heavy atom. The highest BCUT2D eigenvalue weighted by atomic mass is 16.5. The third-order valence-corrected chi connectivity index (χ3v) is 6.69. The molecule has 2 amide bonds. The first-order valence-corrected chi connectivity index (χ1v) is 14.7. The maximum absolute atomic E-state index is 12.8. The smallest absolute Gasteiger partial charge is 0.339 e. The number of phenols is 1. The molecule has 0 saturated heterocycles. The number of carbonyl (C=O) groups is 3. The number of aromatic hydroxyl groups is 1. The number of anilines is 1. The van der Waals surface area contributed by atoms with Crippen molar-refractivity contribution in [3.8, 4) is 11.5 Å². The minimum Gasteiger partial charge on any atom is -0.504 e. The van der Waals surface area contributed by atoms with Crippen LogP contribution in [0.4, 0.5) is 5.69 Å². The number of hydrogen-bond donors (Lipinski definition) is 3. The van der Waals surface area contributed by atoms with Gasteiger partial charge in [0, 0.05) is 19.5 Å². The summed E-state index contributed by atoms with van der Waals surface area (Å²) in [6.45, 7) is 10.2. The Bertz CT molecular complexity index is 1190. The number of rotatable bonds is 18. The van der Waals surface area contributed by atoms with Gasteiger partial charge in [-0.05, 0) is 74.4 Å². The Balaban J connectivity index is 1.77. The van der Waals surface area contributed by atoms with Gasteiger partial charge in [-0.3, -0.25) is 14.5 Å². The van der Waals surface area contributed by atoms with E-state index in [1.807, 2.05) is 24.8 Å². The number of carbonyl (C=O) groups excluding carboxylic acids is 3. The molecule has 2 aromatic carbocycles. The van der Waals surface area contributed by atoms with Crippen molar-refractivity contribution >= 4 is 23.5 Å². The number of unbranched alkanes of at least 4 members (excludes halogenated alkanes) is 2. The van der Waals surface area contributed by atoms with Crippen LogP contribution in [0, 0.1) is 12.8 Å². The summed E-state index contributed by atoms with van der Waals surface area (Å²) in [6.07, 6.45) is 8.28. The second-order valence-electron chi connectivity index (χ2n) is 10.6. The van der Waals surface area contributed by atoms with Crippen molar-refractivity contribution in [1.29, 1.82) is 0 Å². The minimum atomic E-state index is -0.506. The number of ether oxygens (including phenoxy) is 2. The number of phenolic OH excluding ortho intramolecular Hbond substituents is 1. The van der Waals surface area contributed by atoms with E-state index in [2.05, 4.69) is 36.6 Å². The van der Waals surface area contributed by atoms with Crippen molar-refractivity contribution in [1.82, 2.24) is 10.2 Å². The topological polar surface area (TPSA) is 117 Å². The van der Waals surface area contributed by atoms with Gasteiger partial charge in [0.15, 0.2) is 11.5 Å². The maximum atomic E-state index is 12.8. The molecule has 3 N–H and O–H groups in total. The number of methoxy groups -OCH3 is 1. The molecule has 0 atom stereocenters. The second-order valence-corrected chi connectivity index (χ2v) is 10.6. The van der Waals surface area contributed by atoms with Crippen molar-refractivity contribution < 1.29 is 29.0 Å². The molecule has 0 aliphatic carbocycles. The molecule has 42 heavy (non-hydrogen) atoms. The summed E-state index contributed by atoms with van der Waals surface area (Å²) in [5.41, 5.74) is 2.38. The van der Waals surface area contributed by atoms with Crippen LogP contribution in [0.3, 0.4) is 0 Å². The van der Waals surface area contributed by atoms with Crippen molar-refractivity contribution in [2.75, 3.05) is 38.7 Å². The lowest BCUT2D eigenvalue weighted by molar-refractivity contribution is -0.121. The normalized spacial score (nSPS) is 11.2. The second kappa shape index (κ2) is 18.6. The molecule has 0 fully saturated rings. The highest BCUT2D eigenvalue weighted by Gasteiger charge is 2.17. The Morgan fingerprint density at radius 2 is 1.86 bits per heavy atom. The Labute approximate surface area is 250 Å². The number of nitrogens with zero attached hydrogens (tertiary/aromatic N) is 1. The monoisotopic (exact) mass is 581 g/mol. The molecule has 0 bridgehead atoms. The first-order valence-electron chi connectivity index (χ1n) is 14.7. The third-order valence-electron chi connectivity index (χ3n) is 6.69. The highest BCUT2D eigenvalue weighted by Crippen LogP contribution is 2.27. The van der Waals surface area contributed by atoms with Crippen LogP contribution >= 0.6 is 0 Å². The van der Waals surface area contributed by atoms with E-state index in [0.717, 1.165) is 30.4 Å². The molecule has 2 rings (SSSR count). The fourth-order valence-electron chi connectivity index (χ4n) is 4.30. The zero-order valence-corrected chi connectivity index (χ0v) is 25.7. The molecule has 0 aliphatic rings. The average molecular weight is 582 g/mol. The van der Waals surface area contributed by atoms with Crippen LogP contribution in [0.25, 0.3) is 0 Å². The zero-order valence-electron chi connectivity index (χ0n) is 25.7. The Hall–Kier alpha value is -3.85. The third kappa shape index (κ3) is 12.3. The van der Waals surface area contributed by atoms with Crippen LogP contribution in [-0.4, -0.2) is 61.1 Å².